The third kappa shape index (κ3) is 13.3. The first-order valence-electron chi connectivity index (χ1n) is 12.0. The third-order valence-electron chi connectivity index (χ3n) is 5.44. The van der Waals surface area contributed by atoms with Gasteiger partial charge in [0.05, 0.1) is 40.1 Å². The van der Waals surface area contributed by atoms with Crippen LogP contribution in [0.2, 0.25) is 0 Å². The maximum Gasteiger partial charge on any atom is 1.00 e. The Balaban J connectivity index is 0.00000529. The Labute approximate surface area is 309 Å². The van der Waals surface area contributed by atoms with E-state index in [-0.39, 0.29) is 94.9 Å². The molecule has 0 atom stereocenters. The Morgan fingerprint density at radius 1 is 0.978 bits per heavy atom. The molecule has 0 fully saturated rings. The molecule has 1 aromatic heterocycles. The molecule has 0 bridgehead atoms. The van der Waals surface area contributed by atoms with Crippen LogP contribution in [0.15, 0.2) is 51.5 Å². The van der Waals surface area contributed by atoms with Gasteiger partial charge in [-0.25, -0.2) is 25.3 Å². The summed E-state index contributed by atoms with van der Waals surface area (Å²) in [4.78, 5) is 12.8. The zero-order valence-electron chi connectivity index (χ0n) is 24.9. The Kier molecular flexibility index (Phi) is 15.9. The van der Waals surface area contributed by atoms with Crippen LogP contribution in [0, 0.1) is 18.4 Å². The first-order valence-corrected chi connectivity index (χ1v) is 16.6. The number of aromatic nitrogens is 3. The van der Waals surface area contributed by atoms with E-state index in [0.29, 0.717) is 5.69 Å². The van der Waals surface area contributed by atoms with Gasteiger partial charge in [-0.05, 0) is 31.2 Å². The molecule has 24 heteroatoms. The summed E-state index contributed by atoms with van der Waals surface area (Å²) in [6.45, 7) is 0.789. The number of nitrogens with two attached hydrogens (primary N) is 1. The predicted molar refractivity (Wildman–Crippen MR) is 154 cm³/mol. The number of nitriles is 1. The van der Waals surface area contributed by atoms with Crippen LogP contribution < -0.4 is 80.4 Å². The second kappa shape index (κ2) is 17.6. The Morgan fingerprint density at radius 2 is 1.61 bits per heavy atom. The van der Waals surface area contributed by atoms with E-state index in [9.17, 15) is 34.4 Å². The summed E-state index contributed by atoms with van der Waals surface area (Å²) < 4.78 is 95.3. The standard InChI is InChI=1S/C22H26N10O9S3.2Na/c1-14-3-5-15(6-4-14)30-31-18-12-19(43(35,36)37)16(24)11-17(18)26-21-27-20(25-13-23)28-22(29-21)32(2)7-9-42(33,34)10-8-41-44(38,39)40;;/h3-6,11-12H,7-10,24H2,1-2H3,(H,35,36,37)(H,38,39,40)(H2,25,26,27,28,29);;/q;2*+1/p-2. The van der Waals surface area contributed by atoms with Gasteiger partial charge in [-0.15, -0.1) is 5.11 Å². The maximum atomic E-state index is 12.3. The van der Waals surface area contributed by atoms with Crippen molar-refractivity contribution in [2.75, 3.05) is 53.0 Å². The quantitative estimate of drug-likeness (QED) is 0.0268. The van der Waals surface area contributed by atoms with Crippen LogP contribution >= 0.6 is 0 Å². The molecule has 0 aliphatic carbocycles. The molecule has 0 saturated heterocycles. The normalized spacial score (nSPS) is 11.6. The summed E-state index contributed by atoms with van der Waals surface area (Å²) in [5.74, 6) is -1.90. The molecular formula is C22H24N10Na2O9S3. The minimum Gasteiger partial charge on any atom is -0.744 e. The van der Waals surface area contributed by atoms with Crippen molar-refractivity contribution >= 4 is 70.9 Å². The van der Waals surface area contributed by atoms with Gasteiger partial charge in [-0.1, -0.05) is 17.7 Å². The number of anilines is 5. The predicted octanol–water partition coefficient (Wildman–Crippen LogP) is -4.95. The zero-order chi connectivity index (χ0) is 32.7. The monoisotopic (exact) mass is 714 g/mol. The maximum absolute atomic E-state index is 12.3. The first kappa shape index (κ1) is 41.5. The molecular weight excluding hydrogens is 690 g/mol. The average molecular weight is 715 g/mol. The molecule has 0 aliphatic heterocycles. The number of sulfone groups is 1. The molecule has 0 saturated carbocycles. The summed E-state index contributed by atoms with van der Waals surface area (Å²) in [5.41, 5.74) is 6.63. The second-order valence-electron chi connectivity index (χ2n) is 8.84. The topological polar surface area (TPSA) is 298 Å². The fourth-order valence-electron chi connectivity index (χ4n) is 3.27. The number of hydrogen-bond donors (Lipinski definition) is 3. The number of benzene rings is 2. The minimum atomic E-state index is -5.05. The molecule has 3 aromatic rings. The zero-order valence-corrected chi connectivity index (χ0v) is 31.3. The van der Waals surface area contributed by atoms with E-state index >= 15 is 0 Å². The van der Waals surface area contributed by atoms with Gasteiger partial charge >= 0.3 is 59.1 Å². The molecule has 236 valence electrons. The van der Waals surface area contributed by atoms with Crippen LogP contribution in [0.3, 0.4) is 0 Å². The second-order valence-corrected chi connectivity index (χ2v) is 13.5. The smallest absolute Gasteiger partial charge is 0.744 e. The third-order valence-corrected chi connectivity index (χ3v) is 8.38. The summed E-state index contributed by atoms with van der Waals surface area (Å²) >= 11 is 0. The van der Waals surface area contributed by atoms with Crippen molar-refractivity contribution in [3.63, 3.8) is 0 Å². The van der Waals surface area contributed by atoms with Crippen LogP contribution in [0.25, 0.3) is 0 Å². The molecule has 19 nitrogen and oxygen atoms in total. The minimum absolute atomic E-state index is 0. The van der Waals surface area contributed by atoms with E-state index in [0.717, 1.165) is 17.7 Å². The molecule has 4 N–H and O–H groups in total. The first-order chi connectivity index (χ1) is 20.5. The molecule has 1 heterocycles. The van der Waals surface area contributed by atoms with Gasteiger partial charge in [0.25, 0.3) is 0 Å². The van der Waals surface area contributed by atoms with Crippen LogP contribution in [0.1, 0.15) is 5.56 Å². The number of hydrogen-bond acceptors (Lipinski definition) is 19. The molecule has 46 heavy (non-hydrogen) atoms. The van der Waals surface area contributed by atoms with Crippen molar-refractivity contribution in [2.24, 2.45) is 10.2 Å². The average Bonchev–Trinajstić information content (AvgIpc) is 2.90. The van der Waals surface area contributed by atoms with Crippen molar-refractivity contribution in [1.29, 1.82) is 5.26 Å². The van der Waals surface area contributed by atoms with E-state index in [1.54, 1.807) is 30.5 Å². The number of aryl methyl sites for hydroxylation is 1. The molecule has 0 amide bonds. The summed E-state index contributed by atoms with van der Waals surface area (Å²) in [5, 5.41) is 22.2. The van der Waals surface area contributed by atoms with Crippen molar-refractivity contribution in [3.05, 3.63) is 42.0 Å². The Morgan fingerprint density at radius 3 is 2.20 bits per heavy atom. The van der Waals surface area contributed by atoms with Gasteiger partial charge in [0.1, 0.15) is 15.8 Å². The number of nitrogens with zero attached hydrogens (tertiary/aromatic N) is 7. The molecule has 2 aromatic carbocycles. The number of nitrogen functional groups attached to an aromatic ring is 1. The van der Waals surface area contributed by atoms with Crippen molar-refractivity contribution in [3.8, 4) is 6.19 Å². The van der Waals surface area contributed by atoms with E-state index < -0.39 is 59.0 Å². The van der Waals surface area contributed by atoms with Gasteiger partial charge in [-0.2, -0.15) is 25.3 Å². The van der Waals surface area contributed by atoms with Crippen LogP contribution in [0.4, 0.5) is 40.6 Å². The fraction of sp³-hybridized carbons (Fsp3) is 0.273. The van der Waals surface area contributed by atoms with Gasteiger partial charge in [0.15, 0.2) is 16.0 Å². The van der Waals surface area contributed by atoms with Crippen molar-refractivity contribution in [2.45, 2.75) is 11.8 Å². The Hall–Kier alpha value is -2.53. The number of azo groups is 1. The van der Waals surface area contributed by atoms with E-state index in [4.69, 9.17) is 11.0 Å². The molecule has 0 aliphatic rings. The Bertz CT molecular complexity index is 1930. The van der Waals surface area contributed by atoms with Crippen LogP contribution in [-0.4, -0.2) is 81.0 Å². The fourth-order valence-corrected chi connectivity index (χ4v) is 5.36. The van der Waals surface area contributed by atoms with E-state index in [2.05, 4.69) is 40.0 Å². The number of nitrogens with one attached hydrogen (secondary N) is 2. The molecule has 3 rings (SSSR count). The SMILES string of the molecule is Cc1ccc(N=Nc2cc(S(=O)(=O)[O-])c(N)cc2Nc2nc(NC#N)nc(N(C)CCS(=O)(=O)CCOS(=O)(=O)[O-])n2)cc1.[Na+].[Na+]. The molecule has 0 unspecified atom stereocenters. The van der Waals surface area contributed by atoms with Gasteiger partial charge in [0, 0.05) is 13.6 Å². The molecule has 0 radical (unpaired) electrons. The summed E-state index contributed by atoms with van der Waals surface area (Å²) in [6, 6.07) is 8.85. The van der Waals surface area contributed by atoms with Crippen molar-refractivity contribution < 1.29 is 97.7 Å². The largest absolute Gasteiger partial charge is 1.00 e. The molecule has 0 spiro atoms. The van der Waals surface area contributed by atoms with Gasteiger partial charge < -0.3 is 25.1 Å². The van der Waals surface area contributed by atoms with Gasteiger partial charge in [-0.3, -0.25) is 9.50 Å². The van der Waals surface area contributed by atoms with E-state index in [1.165, 1.54) is 11.9 Å². The van der Waals surface area contributed by atoms with Crippen molar-refractivity contribution in [1.82, 2.24) is 15.0 Å². The van der Waals surface area contributed by atoms with Gasteiger partial charge in [0.2, 0.25) is 28.2 Å². The summed E-state index contributed by atoms with van der Waals surface area (Å²) in [7, 11) is -12.5. The van der Waals surface area contributed by atoms with Crippen LogP contribution in [-0.2, 0) is 34.5 Å². The summed E-state index contributed by atoms with van der Waals surface area (Å²) in [6.07, 6.45) is 1.63. The van der Waals surface area contributed by atoms with Crippen LogP contribution in [0.5, 0.6) is 0 Å². The number of rotatable bonds is 14. The van der Waals surface area contributed by atoms with E-state index in [1.807, 2.05) is 6.92 Å².